The molecule has 0 N–H and O–H groups in total. The van der Waals surface area contributed by atoms with Crippen LogP contribution >= 0.6 is 0 Å². The fraction of sp³-hybridized carbons (Fsp3) is 0.211. The first kappa shape index (κ1) is 17.2. The van der Waals surface area contributed by atoms with E-state index >= 15 is 0 Å². The molecule has 0 fully saturated rings. The predicted molar refractivity (Wildman–Crippen MR) is 95.3 cm³/mol. The molecule has 1 aliphatic rings. The van der Waals surface area contributed by atoms with Gasteiger partial charge in [-0.05, 0) is 18.6 Å². The third-order valence-corrected chi connectivity index (χ3v) is 5.82. The molecule has 6 heteroatoms. The Bertz CT molecular complexity index is 933. The molecule has 5 nitrogen and oxygen atoms in total. The first-order chi connectivity index (χ1) is 12.0. The van der Waals surface area contributed by atoms with E-state index in [4.69, 9.17) is 4.74 Å². The van der Waals surface area contributed by atoms with Crippen molar-refractivity contribution in [1.29, 1.82) is 0 Å². The molecule has 0 bridgehead atoms. The third kappa shape index (κ3) is 2.93. The fourth-order valence-electron chi connectivity index (χ4n) is 2.74. The largest absolute Gasteiger partial charge is 0.491 e. The molecule has 0 saturated heterocycles. The predicted octanol–water partition coefficient (Wildman–Crippen LogP) is 3.30. The molecule has 0 spiro atoms. The summed E-state index contributed by atoms with van der Waals surface area (Å²) in [5.74, 6) is -0.0732. The molecule has 0 aliphatic carbocycles. The number of allylic oxidation sites excluding steroid dienone is 1. The van der Waals surface area contributed by atoms with Crippen molar-refractivity contribution in [3.8, 4) is 0 Å². The quantitative estimate of drug-likeness (QED) is 0.770. The Kier molecular flexibility index (Phi) is 4.63. The smallest absolute Gasteiger partial charge is 0.265 e. The van der Waals surface area contributed by atoms with E-state index in [1.54, 1.807) is 48.5 Å². The summed E-state index contributed by atoms with van der Waals surface area (Å²) in [6.07, 6.45) is 0.745. The maximum Gasteiger partial charge on any atom is 0.265 e. The van der Waals surface area contributed by atoms with Crippen LogP contribution in [-0.4, -0.2) is 32.2 Å². The standard InChI is InChI=1S/C19H19NO4S/c1-3-13-24-19-15-11-7-8-12-16(15)25(22,23)20(2)17(19)18(21)14-9-5-4-6-10-14/h4-12H,3,13H2,1-2H3. The summed E-state index contributed by atoms with van der Waals surface area (Å²) in [4.78, 5) is 13.2. The summed E-state index contributed by atoms with van der Waals surface area (Å²) in [5, 5.41) is 0. The third-order valence-electron chi connectivity index (χ3n) is 4.00. The molecular formula is C19H19NO4S. The average molecular weight is 357 g/mol. The number of benzene rings is 2. The van der Waals surface area contributed by atoms with E-state index < -0.39 is 10.0 Å². The summed E-state index contributed by atoms with van der Waals surface area (Å²) in [6.45, 7) is 2.34. The Labute approximate surface area is 147 Å². The average Bonchev–Trinajstić information content (AvgIpc) is 2.64. The normalized spacial score (nSPS) is 15.7. The molecule has 0 amide bonds. The minimum atomic E-state index is -3.81. The number of ketones is 1. The van der Waals surface area contributed by atoms with E-state index in [0.717, 1.165) is 10.7 Å². The maximum atomic E-state index is 13.0. The van der Waals surface area contributed by atoms with Crippen LogP contribution in [0.2, 0.25) is 0 Å². The Morgan fingerprint density at radius 1 is 1.04 bits per heavy atom. The van der Waals surface area contributed by atoms with Crippen LogP contribution in [0.1, 0.15) is 29.3 Å². The summed E-state index contributed by atoms with van der Waals surface area (Å²) in [6, 6.07) is 15.2. The topological polar surface area (TPSA) is 63.7 Å². The number of likely N-dealkylation sites (N-methyl/N-ethyl adjacent to an activating group) is 1. The number of hydrogen-bond acceptors (Lipinski definition) is 4. The van der Waals surface area contributed by atoms with Gasteiger partial charge in [0, 0.05) is 18.2 Å². The number of ether oxygens (including phenoxy) is 1. The number of rotatable bonds is 5. The highest BCUT2D eigenvalue weighted by molar-refractivity contribution is 7.89. The number of Topliss-reactive ketones (excluding diaryl/α,β-unsaturated/α-hetero) is 1. The van der Waals surface area contributed by atoms with Crippen molar-refractivity contribution >= 4 is 21.6 Å². The molecule has 25 heavy (non-hydrogen) atoms. The molecule has 3 rings (SSSR count). The number of sulfonamides is 1. The monoisotopic (exact) mass is 357 g/mol. The molecular weight excluding hydrogens is 338 g/mol. The molecule has 1 aliphatic heterocycles. The van der Waals surface area contributed by atoms with E-state index in [1.807, 2.05) is 6.92 Å². The van der Waals surface area contributed by atoms with Crippen molar-refractivity contribution in [1.82, 2.24) is 4.31 Å². The number of fused-ring (bicyclic) bond motifs is 1. The van der Waals surface area contributed by atoms with E-state index in [9.17, 15) is 13.2 Å². The van der Waals surface area contributed by atoms with Gasteiger partial charge in [0.05, 0.1) is 11.5 Å². The van der Waals surface area contributed by atoms with Crippen molar-refractivity contribution in [2.75, 3.05) is 13.7 Å². The van der Waals surface area contributed by atoms with E-state index in [-0.39, 0.29) is 16.4 Å². The Balaban J connectivity index is 2.26. The molecule has 2 aromatic rings. The van der Waals surface area contributed by atoms with Gasteiger partial charge in [0.25, 0.3) is 10.0 Å². The number of carbonyl (C=O) groups is 1. The molecule has 0 unspecified atom stereocenters. The summed E-state index contributed by atoms with van der Waals surface area (Å²) >= 11 is 0. The highest BCUT2D eigenvalue weighted by atomic mass is 32.2. The van der Waals surface area contributed by atoms with Gasteiger partial charge in [-0.3, -0.25) is 9.10 Å². The zero-order chi connectivity index (χ0) is 18.0. The van der Waals surface area contributed by atoms with Crippen LogP contribution in [0.25, 0.3) is 5.76 Å². The Morgan fingerprint density at radius 2 is 1.68 bits per heavy atom. The van der Waals surface area contributed by atoms with E-state index in [2.05, 4.69) is 0 Å². The van der Waals surface area contributed by atoms with Gasteiger partial charge >= 0.3 is 0 Å². The van der Waals surface area contributed by atoms with Crippen LogP contribution in [0.15, 0.2) is 65.2 Å². The fourth-order valence-corrected chi connectivity index (χ4v) is 4.13. The van der Waals surface area contributed by atoms with Gasteiger partial charge in [-0.1, -0.05) is 49.4 Å². The van der Waals surface area contributed by atoms with Crippen molar-refractivity contribution < 1.29 is 17.9 Å². The minimum absolute atomic E-state index is 0.0401. The van der Waals surface area contributed by atoms with Crippen molar-refractivity contribution in [3.63, 3.8) is 0 Å². The first-order valence-electron chi connectivity index (χ1n) is 8.03. The lowest BCUT2D eigenvalue weighted by Crippen LogP contribution is -2.35. The van der Waals surface area contributed by atoms with Gasteiger partial charge in [-0.2, -0.15) is 0 Å². The second kappa shape index (κ2) is 6.72. The Morgan fingerprint density at radius 3 is 2.36 bits per heavy atom. The minimum Gasteiger partial charge on any atom is -0.491 e. The molecule has 0 atom stereocenters. The van der Waals surface area contributed by atoms with Gasteiger partial charge in [0.15, 0.2) is 5.76 Å². The summed E-state index contributed by atoms with van der Waals surface area (Å²) in [7, 11) is -2.42. The summed E-state index contributed by atoms with van der Waals surface area (Å²) < 4.78 is 32.6. The second-order valence-corrected chi connectivity index (χ2v) is 7.63. The van der Waals surface area contributed by atoms with Gasteiger partial charge in [-0.25, -0.2) is 8.42 Å². The van der Waals surface area contributed by atoms with Crippen LogP contribution in [0, 0.1) is 0 Å². The van der Waals surface area contributed by atoms with Gasteiger partial charge < -0.3 is 4.74 Å². The number of hydrogen-bond donors (Lipinski definition) is 0. The van der Waals surface area contributed by atoms with Gasteiger partial charge in [0.1, 0.15) is 5.70 Å². The SMILES string of the molecule is CCCOC1=C(C(=O)c2ccccc2)N(C)S(=O)(=O)c2ccccc21. The Hall–Kier alpha value is -2.60. The zero-order valence-electron chi connectivity index (χ0n) is 14.1. The lowest BCUT2D eigenvalue weighted by molar-refractivity contribution is 0.101. The molecule has 2 aromatic carbocycles. The maximum absolute atomic E-state index is 13.0. The summed E-state index contributed by atoms with van der Waals surface area (Å²) in [5.41, 5.74) is 0.878. The second-order valence-electron chi connectivity index (χ2n) is 5.69. The molecule has 0 radical (unpaired) electrons. The van der Waals surface area contributed by atoms with Crippen LogP contribution in [-0.2, 0) is 14.8 Å². The lowest BCUT2D eigenvalue weighted by Gasteiger charge is -2.30. The highest BCUT2D eigenvalue weighted by Crippen LogP contribution is 2.37. The van der Waals surface area contributed by atoms with Crippen molar-refractivity contribution in [2.24, 2.45) is 0 Å². The van der Waals surface area contributed by atoms with Crippen LogP contribution in [0.3, 0.4) is 0 Å². The van der Waals surface area contributed by atoms with Crippen LogP contribution in [0.4, 0.5) is 0 Å². The number of nitrogens with zero attached hydrogens (tertiary/aromatic N) is 1. The molecule has 130 valence electrons. The van der Waals surface area contributed by atoms with Crippen molar-refractivity contribution in [2.45, 2.75) is 18.2 Å². The van der Waals surface area contributed by atoms with Crippen molar-refractivity contribution in [3.05, 3.63) is 71.4 Å². The lowest BCUT2D eigenvalue weighted by atomic mass is 10.0. The highest BCUT2D eigenvalue weighted by Gasteiger charge is 2.38. The first-order valence-corrected chi connectivity index (χ1v) is 9.47. The molecule has 0 aromatic heterocycles. The molecule has 1 heterocycles. The van der Waals surface area contributed by atoms with Crippen LogP contribution < -0.4 is 0 Å². The number of carbonyl (C=O) groups excluding carboxylic acids is 1. The van der Waals surface area contributed by atoms with Gasteiger partial charge in [-0.15, -0.1) is 0 Å². The molecule has 0 saturated carbocycles. The zero-order valence-corrected chi connectivity index (χ0v) is 14.9. The van der Waals surface area contributed by atoms with E-state index in [1.165, 1.54) is 13.1 Å². The van der Waals surface area contributed by atoms with Gasteiger partial charge in [0.2, 0.25) is 5.78 Å². The van der Waals surface area contributed by atoms with Crippen LogP contribution in [0.5, 0.6) is 0 Å². The van der Waals surface area contributed by atoms with E-state index in [0.29, 0.717) is 23.5 Å².